The highest BCUT2D eigenvalue weighted by atomic mass is 35.5. The number of hydrogen-bond donors (Lipinski definition) is 0. The second-order valence-corrected chi connectivity index (χ2v) is 11.7. The van der Waals surface area contributed by atoms with Crippen LogP contribution in [0.1, 0.15) is 200 Å². The average Bonchev–Trinajstić information content (AvgIpc) is 2.86. The van der Waals surface area contributed by atoms with Gasteiger partial charge in [0, 0.05) is 11.6 Å². The molecule has 0 spiro atoms. The lowest BCUT2D eigenvalue weighted by molar-refractivity contribution is 0.106. The van der Waals surface area contributed by atoms with Crippen molar-refractivity contribution in [3.63, 3.8) is 0 Å². The van der Waals surface area contributed by atoms with Gasteiger partial charge < -0.3 is 4.74 Å². The molecule has 0 saturated heterocycles. The van der Waals surface area contributed by atoms with Crippen LogP contribution >= 0.6 is 11.6 Å². The average molecular weight is 529 g/mol. The summed E-state index contributed by atoms with van der Waals surface area (Å²) in [5, 5.41) is 0. The van der Waals surface area contributed by atoms with Crippen molar-refractivity contribution < 1.29 is 9.53 Å². The molecule has 0 saturated carbocycles. The van der Waals surface area contributed by atoms with Gasteiger partial charge >= 0.3 is 5.43 Å². The van der Waals surface area contributed by atoms with Gasteiger partial charge in [-0.05, 0) is 25.7 Å². The molecule has 0 bridgehead atoms. The molecule has 0 N–H and O–H groups in total. The zero-order chi connectivity index (χ0) is 26.4. The smallest absolute Gasteiger partial charge is 0.404 e. The highest BCUT2D eigenvalue weighted by Crippen LogP contribution is 2.19. The van der Waals surface area contributed by atoms with Gasteiger partial charge in [0.05, 0.1) is 0 Å². The van der Waals surface area contributed by atoms with Crippen LogP contribution in [0.5, 0.6) is 0 Å². The maximum Gasteiger partial charge on any atom is 0.404 e. The largest absolute Gasteiger partial charge is 0.450 e. The Hall–Kier alpha value is -0.240. The summed E-state index contributed by atoms with van der Waals surface area (Å²) < 4.78 is 5.40. The lowest BCUT2D eigenvalue weighted by Gasteiger charge is -2.16. The quantitative estimate of drug-likeness (QED) is 0.0683. The monoisotopic (exact) mass is 528 g/mol. The zero-order valence-electron chi connectivity index (χ0n) is 24.8. The van der Waals surface area contributed by atoms with Gasteiger partial charge in [0.2, 0.25) is 0 Å². The van der Waals surface area contributed by atoms with E-state index in [-0.39, 0.29) is 6.10 Å². The second kappa shape index (κ2) is 31.0. The van der Waals surface area contributed by atoms with E-state index in [1.165, 1.54) is 161 Å². The van der Waals surface area contributed by atoms with Crippen molar-refractivity contribution in [3.05, 3.63) is 0 Å². The van der Waals surface area contributed by atoms with Crippen molar-refractivity contribution in [2.75, 3.05) is 0 Å². The van der Waals surface area contributed by atoms with Gasteiger partial charge in [-0.15, -0.1) is 0 Å². The van der Waals surface area contributed by atoms with Crippen LogP contribution in [0.4, 0.5) is 4.79 Å². The molecule has 0 aromatic rings. The van der Waals surface area contributed by atoms with Crippen LogP contribution in [0.25, 0.3) is 0 Å². The third-order valence-corrected chi connectivity index (χ3v) is 7.86. The van der Waals surface area contributed by atoms with E-state index in [4.69, 9.17) is 16.3 Å². The minimum atomic E-state index is -0.625. The Bertz CT molecular complexity index is 426. The molecular formula is C33H65ClO2. The minimum Gasteiger partial charge on any atom is -0.450 e. The first-order valence-electron chi connectivity index (χ1n) is 16.6. The molecule has 1 atom stereocenters. The molecule has 0 aliphatic rings. The summed E-state index contributed by atoms with van der Waals surface area (Å²) in [6, 6.07) is 0. The van der Waals surface area contributed by atoms with Crippen molar-refractivity contribution in [2.45, 2.75) is 206 Å². The highest BCUT2D eigenvalue weighted by Gasteiger charge is 2.12. The van der Waals surface area contributed by atoms with Crippen LogP contribution in [-0.2, 0) is 4.74 Å². The van der Waals surface area contributed by atoms with E-state index in [0.29, 0.717) is 0 Å². The molecule has 36 heavy (non-hydrogen) atoms. The summed E-state index contributed by atoms with van der Waals surface area (Å²) in [7, 11) is 0. The topological polar surface area (TPSA) is 26.3 Å². The molecule has 0 aromatic carbocycles. The molecule has 0 radical (unpaired) electrons. The van der Waals surface area contributed by atoms with Gasteiger partial charge in [0.25, 0.3) is 0 Å². The van der Waals surface area contributed by atoms with Crippen molar-refractivity contribution >= 4 is 17.0 Å². The van der Waals surface area contributed by atoms with Crippen LogP contribution in [-0.4, -0.2) is 11.5 Å². The number of ether oxygens (including phenoxy) is 1. The summed E-state index contributed by atoms with van der Waals surface area (Å²) >= 11 is 5.53. The summed E-state index contributed by atoms with van der Waals surface area (Å²) in [6.45, 7) is 4.57. The second-order valence-electron chi connectivity index (χ2n) is 11.4. The summed E-state index contributed by atoms with van der Waals surface area (Å²) in [6.07, 6.45) is 39.0. The Labute approximate surface area is 232 Å². The van der Waals surface area contributed by atoms with Crippen LogP contribution in [0.15, 0.2) is 0 Å². The predicted molar refractivity (Wildman–Crippen MR) is 161 cm³/mol. The Kier molecular flexibility index (Phi) is 30.8. The molecule has 2 nitrogen and oxygen atoms in total. The number of carbonyl (C=O) groups excluding carboxylic acids is 1. The van der Waals surface area contributed by atoms with E-state index in [0.717, 1.165) is 25.7 Å². The fourth-order valence-electron chi connectivity index (χ4n) is 5.35. The summed E-state index contributed by atoms with van der Waals surface area (Å²) in [4.78, 5) is 11.3. The third-order valence-electron chi connectivity index (χ3n) is 7.77. The van der Waals surface area contributed by atoms with E-state index in [2.05, 4.69) is 13.8 Å². The molecule has 0 rings (SSSR count). The first-order chi connectivity index (χ1) is 17.7. The zero-order valence-corrected chi connectivity index (χ0v) is 25.5. The molecule has 216 valence electrons. The van der Waals surface area contributed by atoms with Crippen molar-refractivity contribution in [1.29, 1.82) is 0 Å². The number of hydrogen-bond acceptors (Lipinski definition) is 2. The van der Waals surface area contributed by atoms with E-state index in [1.807, 2.05) is 0 Å². The van der Waals surface area contributed by atoms with E-state index >= 15 is 0 Å². The van der Waals surface area contributed by atoms with Gasteiger partial charge in [0.15, 0.2) is 0 Å². The molecule has 0 aliphatic heterocycles. The Balaban J connectivity index is 3.50. The van der Waals surface area contributed by atoms with E-state index in [9.17, 15) is 4.79 Å². The maximum absolute atomic E-state index is 11.3. The molecule has 3 heteroatoms. The first kappa shape index (κ1) is 35.8. The number of unbranched alkanes of at least 4 members (excludes halogenated alkanes) is 25. The highest BCUT2D eigenvalue weighted by molar-refractivity contribution is 6.61. The number of rotatable bonds is 30. The normalized spacial score (nSPS) is 12.2. The fraction of sp³-hybridized carbons (Fsp3) is 0.970. The SMILES string of the molecule is CCCCCCCCCCCCCCCCC(CCCCCCCCCCCCCCC)OC(=O)Cl. The number of halogens is 1. The lowest BCUT2D eigenvalue weighted by Crippen LogP contribution is -2.14. The molecule has 0 aromatic heterocycles. The molecule has 0 heterocycles. The maximum atomic E-state index is 11.3. The van der Waals surface area contributed by atoms with Crippen LogP contribution in [0.2, 0.25) is 0 Å². The van der Waals surface area contributed by atoms with Crippen molar-refractivity contribution in [2.24, 2.45) is 0 Å². The Morgan fingerprint density at radius 1 is 0.444 bits per heavy atom. The lowest BCUT2D eigenvalue weighted by atomic mass is 10.0. The molecular weight excluding hydrogens is 464 g/mol. The fourth-order valence-corrected chi connectivity index (χ4v) is 5.48. The van der Waals surface area contributed by atoms with Gasteiger partial charge in [-0.2, -0.15) is 0 Å². The molecule has 0 aliphatic carbocycles. The number of carbonyl (C=O) groups is 1. The summed E-state index contributed by atoms with van der Waals surface area (Å²) in [5.74, 6) is 0. The van der Waals surface area contributed by atoms with Crippen molar-refractivity contribution in [1.82, 2.24) is 0 Å². The molecule has 1 unspecified atom stereocenters. The summed E-state index contributed by atoms with van der Waals surface area (Å²) in [5.41, 5.74) is -0.625. The van der Waals surface area contributed by atoms with E-state index < -0.39 is 5.43 Å². The minimum absolute atomic E-state index is 0.0278. The first-order valence-corrected chi connectivity index (χ1v) is 16.9. The van der Waals surface area contributed by atoms with E-state index in [1.54, 1.807) is 0 Å². The Morgan fingerprint density at radius 2 is 0.667 bits per heavy atom. The van der Waals surface area contributed by atoms with Crippen LogP contribution in [0.3, 0.4) is 0 Å². The standard InChI is InChI=1S/C33H65ClO2/c1-3-5-7-9-11-13-15-17-19-21-23-25-27-29-31-32(36-33(34)35)30-28-26-24-22-20-18-16-14-12-10-8-6-4-2/h32H,3-31H2,1-2H3. The van der Waals surface area contributed by atoms with Crippen LogP contribution in [0, 0.1) is 0 Å². The van der Waals surface area contributed by atoms with Gasteiger partial charge in [0.1, 0.15) is 6.10 Å². The predicted octanol–water partition coefficient (Wildman–Crippen LogP) is 13.1. The van der Waals surface area contributed by atoms with Gasteiger partial charge in [-0.25, -0.2) is 4.79 Å². The van der Waals surface area contributed by atoms with Crippen molar-refractivity contribution in [3.8, 4) is 0 Å². The molecule has 0 amide bonds. The van der Waals surface area contributed by atoms with Gasteiger partial charge in [-0.1, -0.05) is 174 Å². The van der Waals surface area contributed by atoms with Gasteiger partial charge in [-0.3, -0.25) is 0 Å². The third kappa shape index (κ3) is 30.0. The van der Waals surface area contributed by atoms with Crippen LogP contribution < -0.4 is 0 Å². The molecule has 0 fully saturated rings. The Morgan fingerprint density at radius 3 is 0.889 bits per heavy atom.